The first-order chi connectivity index (χ1) is 10.4. The van der Waals surface area contributed by atoms with E-state index in [1.54, 1.807) is 0 Å². The standard InChI is InChI=1S/C14H14N2O6/c1-8(18)11-12(15(6-7-17)14(20)13(11)19)9-4-2-3-5-10(9)16(21)22/h2-5,12,17,19H,6-7H2,1H3/t12-/m0/s1. The summed E-state index contributed by atoms with van der Waals surface area (Å²) >= 11 is 0. The number of para-hydroxylation sites is 1. The summed E-state index contributed by atoms with van der Waals surface area (Å²) in [6, 6.07) is 4.59. The van der Waals surface area contributed by atoms with E-state index < -0.39 is 35.0 Å². The molecule has 1 aliphatic rings. The van der Waals surface area contributed by atoms with E-state index >= 15 is 0 Å². The van der Waals surface area contributed by atoms with E-state index in [0.717, 1.165) is 4.90 Å². The number of amides is 1. The van der Waals surface area contributed by atoms with Gasteiger partial charge in [-0.2, -0.15) is 0 Å². The van der Waals surface area contributed by atoms with Gasteiger partial charge in [-0.1, -0.05) is 12.1 Å². The van der Waals surface area contributed by atoms with E-state index in [9.17, 15) is 24.8 Å². The number of nitro groups is 1. The highest BCUT2D eigenvalue weighted by atomic mass is 16.6. The van der Waals surface area contributed by atoms with E-state index in [2.05, 4.69) is 0 Å². The first-order valence-electron chi connectivity index (χ1n) is 6.49. The lowest BCUT2D eigenvalue weighted by molar-refractivity contribution is -0.385. The average molecular weight is 306 g/mol. The minimum Gasteiger partial charge on any atom is -0.503 e. The van der Waals surface area contributed by atoms with E-state index in [-0.39, 0.29) is 23.4 Å². The molecule has 1 atom stereocenters. The highest BCUT2D eigenvalue weighted by molar-refractivity contribution is 6.08. The van der Waals surface area contributed by atoms with Gasteiger partial charge in [-0.3, -0.25) is 19.7 Å². The molecule has 8 nitrogen and oxygen atoms in total. The van der Waals surface area contributed by atoms with Crippen LogP contribution in [0.5, 0.6) is 0 Å². The second-order valence-corrected chi connectivity index (χ2v) is 4.76. The van der Waals surface area contributed by atoms with Crippen molar-refractivity contribution in [3.63, 3.8) is 0 Å². The fourth-order valence-electron chi connectivity index (χ4n) is 2.56. The van der Waals surface area contributed by atoms with E-state index in [0.29, 0.717) is 0 Å². The van der Waals surface area contributed by atoms with Crippen molar-refractivity contribution in [2.75, 3.05) is 13.2 Å². The van der Waals surface area contributed by atoms with Gasteiger partial charge in [0.1, 0.15) is 0 Å². The Morgan fingerprint density at radius 1 is 1.41 bits per heavy atom. The zero-order valence-electron chi connectivity index (χ0n) is 11.7. The molecule has 0 aliphatic carbocycles. The van der Waals surface area contributed by atoms with Crippen LogP contribution in [0.2, 0.25) is 0 Å². The summed E-state index contributed by atoms with van der Waals surface area (Å²) < 4.78 is 0. The molecule has 0 unspecified atom stereocenters. The second kappa shape index (κ2) is 5.94. The van der Waals surface area contributed by atoms with Crippen molar-refractivity contribution in [2.45, 2.75) is 13.0 Å². The summed E-state index contributed by atoms with van der Waals surface area (Å²) in [5, 5.41) is 30.2. The molecule has 1 aromatic rings. The van der Waals surface area contributed by atoms with Crippen LogP contribution in [0.4, 0.5) is 5.69 Å². The topological polar surface area (TPSA) is 121 Å². The van der Waals surface area contributed by atoms with E-state index in [4.69, 9.17) is 5.11 Å². The number of hydrogen-bond acceptors (Lipinski definition) is 6. The molecule has 116 valence electrons. The van der Waals surface area contributed by atoms with Crippen LogP contribution in [0.25, 0.3) is 0 Å². The Balaban J connectivity index is 2.65. The molecule has 1 amide bonds. The molecule has 0 spiro atoms. The number of carbonyl (C=O) groups is 2. The first kappa shape index (κ1) is 15.6. The summed E-state index contributed by atoms with van der Waals surface area (Å²) in [6.07, 6.45) is 0. The summed E-state index contributed by atoms with van der Waals surface area (Å²) in [7, 11) is 0. The van der Waals surface area contributed by atoms with Crippen LogP contribution in [0, 0.1) is 10.1 Å². The highest BCUT2D eigenvalue weighted by Crippen LogP contribution is 2.40. The Labute approximate surface area is 125 Å². The van der Waals surface area contributed by atoms with Crippen molar-refractivity contribution < 1.29 is 24.7 Å². The predicted molar refractivity (Wildman–Crippen MR) is 75.0 cm³/mol. The van der Waals surface area contributed by atoms with E-state index in [1.165, 1.54) is 31.2 Å². The Hall–Kier alpha value is -2.74. The molecule has 0 fully saturated rings. The molecule has 2 rings (SSSR count). The Morgan fingerprint density at radius 3 is 2.59 bits per heavy atom. The average Bonchev–Trinajstić information content (AvgIpc) is 2.72. The third kappa shape index (κ3) is 2.44. The molecule has 0 bridgehead atoms. The van der Waals surface area contributed by atoms with Gasteiger partial charge in [-0.15, -0.1) is 0 Å². The zero-order valence-corrected chi connectivity index (χ0v) is 11.7. The van der Waals surface area contributed by atoms with Gasteiger partial charge in [0.2, 0.25) is 0 Å². The lowest BCUT2D eigenvalue weighted by Crippen LogP contribution is -2.33. The molecular formula is C14H14N2O6. The lowest BCUT2D eigenvalue weighted by Gasteiger charge is -2.25. The Bertz CT molecular complexity index is 682. The third-order valence-corrected chi connectivity index (χ3v) is 3.45. The highest BCUT2D eigenvalue weighted by Gasteiger charge is 2.44. The number of aliphatic hydroxyl groups excluding tert-OH is 2. The molecule has 1 aromatic carbocycles. The zero-order chi connectivity index (χ0) is 16.4. The van der Waals surface area contributed by atoms with Gasteiger partial charge >= 0.3 is 0 Å². The number of hydrogen-bond donors (Lipinski definition) is 2. The smallest absolute Gasteiger partial charge is 0.290 e. The lowest BCUT2D eigenvalue weighted by atomic mass is 9.95. The predicted octanol–water partition coefficient (Wildman–Crippen LogP) is 0.871. The molecule has 1 heterocycles. The van der Waals surface area contributed by atoms with Gasteiger partial charge in [-0.05, 0) is 13.0 Å². The van der Waals surface area contributed by atoms with Crippen LogP contribution in [0.15, 0.2) is 35.6 Å². The van der Waals surface area contributed by atoms with Crippen LogP contribution in [-0.4, -0.2) is 44.9 Å². The number of carbonyl (C=O) groups excluding carboxylic acids is 2. The molecule has 0 saturated carbocycles. The summed E-state index contributed by atoms with van der Waals surface area (Å²) in [6.45, 7) is 0.612. The van der Waals surface area contributed by atoms with Crippen LogP contribution < -0.4 is 0 Å². The first-order valence-corrected chi connectivity index (χ1v) is 6.49. The second-order valence-electron chi connectivity index (χ2n) is 4.76. The summed E-state index contributed by atoms with van der Waals surface area (Å²) in [4.78, 5) is 35.4. The quantitative estimate of drug-likeness (QED) is 0.615. The normalized spacial score (nSPS) is 18.0. The Kier molecular flexibility index (Phi) is 4.22. The van der Waals surface area contributed by atoms with Gasteiger partial charge in [0.05, 0.1) is 28.7 Å². The number of nitrogens with zero attached hydrogens (tertiary/aromatic N) is 2. The van der Waals surface area contributed by atoms with Crippen LogP contribution >= 0.6 is 0 Å². The third-order valence-electron chi connectivity index (χ3n) is 3.45. The monoisotopic (exact) mass is 306 g/mol. The van der Waals surface area contributed by atoms with Crippen LogP contribution in [0.3, 0.4) is 0 Å². The molecule has 2 N–H and O–H groups in total. The number of benzene rings is 1. The van der Waals surface area contributed by atoms with Crippen LogP contribution in [0.1, 0.15) is 18.5 Å². The minimum absolute atomic E-state index is 0.114. The maximum absolute atomic E-state index is 12.1. The van der Waals surface area contributed by atoms with Crippen molar-refractivity contribution in [3.05, 3.63) is 51.3 Å². The molecule has 22 heavy (non-hydrogen) atoms. The van der Waals surface area contributed by atoms with E-state index in [1.807, 2.05) is 0 Å². The van der Waals surface area contributed by atoms with Crippen LogP contribution in [-0.2, 0) is 9.59 Å². The largest absolute Gasteiger partial charge is 0.503 e. The van der Waals surface area contributed by atoms with Gasteiger partial charge in [0.25, 0.3) is 11.6 Å². The maximum Gasteiger partial charge on any atom is 0.290 e. The maximum atomic E-state index is 12.1. The number of Topliss-reactive ketones (excluding diaryl/α,β-unsaturated/α-hetero) is 1. The molecule has 0 aromatic heterocycles. The number of ketones is 1. The number of aliphatic hydroxyl groups is 2. The number of rotatable bonds is 5. The molecular weight excluding hydrogens is 292 g/mol. The number of nitro benzene ring substituents is 1. The van der Waals surface area contributed by atoms with Gasteiger partial charge < -0.3 is 15.1 Å². The van der Waals surface area contributed by atoms with Crippen molar-refractivity contribution in [3.8, 4) is 0 Å². The van der Waals surface area contributed by atoms with Crippen molar-refractivity contribution in [2.24, 2.45) is 0 Å². The molecule has 1 aliphatic heterocycles. The molecule has 0 saturated heterocycles. The van der Waals surface area contributed by atoms with Gasteiger partial charge in [0, 0.05) is 12.6 Å². The Morgan fingerprint density at radius 2 is 2.05 bits per heavy atom. The van der Waals surface area contributed by atoms with Crippen molar-refractivity contribution >= 4 is 17.4 Å². The SMILES string of the molecule is CC(=O)C1=C(O)C(=O)N(CCO)[C@H]1c1ccccc1[N+](=O)[O-]. The minimum atomic E-state index is -1.08. The fraction of sp³-hybridized carbons (Fsp3) is 0.286. The van der Waals surface area contributed by atoms with Crippen molar-refractivity contribution in [1.29, 1.82) is 0 Å². The van der Waals surface area contributed by atoms with Gasteiger partial charge in [-0.25, -0.2) is 0 Å². The number of β-amino-alcohol motifs (C(OH)–C–C–N with tert-alkyl or cyclic N) is 1. The summed E-state index contributed by atoms with van der Waals surface area (Å²) in [5.74, 6) is -2.12. The molecule has 0 radical (unpaired) electrons. The fourth-order valence-corrected chi connectivity index (χ4v) is 2.56. The van der Waals surface area contributed by atoms with Gasteiger partial charge in [0.15, 0.2) is 11.5 Å². The van der Waals surface area contributed by atoms with Crippen molar-refractivity contribution in [1.82, 2.24) is 4.90 Å². The molecule has 8 heteroatoms. The summed E-state index contributed by atoms with van der Waals surface area (Å²) in [5.41, 5.74) is -0.354.